The standard InChI is InChI=1S/C22H26F3N3O5/c1-26-20(31)17(3-2-8-29)28-12-15-11-14(4-5-16(15)21(28)32)19(30)27-18(22(23,24)25)13-6-9-33-10-7-13/h4-5,8,11,13,17-18H,2-3,6-7,9-10,12H2,1H3,(H,26,31)(H,27,30)/t17?,18-/m1/s1. The van der Waals surface area contributed by atoms with Crippen LogP contribution < -0.4 is 10.6 Å². The predicted molar refractivity (Wildman–Crippen MR) is 110 cm³/mol. The number of fused-ring (bicyclic) bond motifs is 1. The van der Waals surface area contributed by atoms with Gasteiger partial charge in [-0.1, -0.05) is 0 Å². The average molecular weight is 469 g/mol. The SMILES string of the molecule is CNC(=O)C(CCC=O)N1Cc2cc(C(=O)N[C@H](C3CCOCC3)C(F)(F)F)ccc2C1=O. The number of rotatable bonds is 8. The molecule has 2 heterocycles. The Balaban J connectivity index is 1.78. The second-order valence-electron chi connectivity index (χ2n) is 8.12. The van der Waals surface area contributed by atoms with Crippen molar-refractivity contribution in [3.05, 3.63) is 34.9 Å². The first-order valence-corrected chi connectivity index (χ1v) is 10.7. The van der Waals surface area contributed by atoms with Crippen LogP contribution >= 0.6 is 0 Å². The third-order valence-electron chi connectivity index (χ3n) is 6.06. The normalized spacial score (nSPS) is 18.4. The van der Waals surface area contributed by atoms with E-state index in [1.165, 1.54) is 30.1 Å². The number of hydrogen-bond donors (Lipinski definition) is 2. The van der Waals surface area contributed by atoms with Gasteiger partial charge in [-0.25, -0.2) is 0 Å². The minimum Gasteiger partial charge on any atom is -0.381 e. The minimum absolute atomic E-state index is 0.00547. The van der Waals surface area contributed by atoms with Crippen molar-refractivity contribution in [2.75, 3.05) is 20.3 Å². The highest BCUT2D eigenvalue weighted by Crippen LogP contribution is 2.32. The van der Waals surface area contributed by atoms with E-state index in [1.807, 2.05) is 0 Å². The van der Waals surface area contributed by atoms with Gasteiger partial charge in [0.2, 0.25) is 5.91 Å². The van der Waals surface area contributed by atoms with Gasteiger partial charge in [0, 0.05) is 44.4 Å². The fourth-order valence-electron chi connectivity index (χ4n) is 4.30. The van der Waals surface area contributed by atoms with Crippen LogP contribution in [0, 0.1) is 5.92 Å². The number of alkyl halides is 3. The molecular weight excluding hydrogens is 443 g/mol. The van der Waals surface area contributed by atoms with Gasteiger partial charge in [-0.2, -0.15) is 13.2 Å². The van der Waals surface area contributed by atoms with Crippen molar-refractivity contribution in [3.63, 3.8) is 0 Å². The monoisotopic (exact) mass is 469 g/mol. The van der Waals surface area contributed by atoms with E-state index in [0.29, 0.717) is 11.8 Å². The van der Waals surface area contributed by atoms with Crippen molar-refractivity contribution in [1.29, 1.82) is 0 Å². The first-order chi connectivity index (χ1) is 15.7. The summed E-state index contributed by atoms with van der Waals surface area (Å²) in [4.78, 5) is 49.8. The zero-order valence-electron chi connectivity index (χ0n) is 18.1. The highest BCUT2D eigenvalue weighted by atomic mass is 19.4. The van der Waals surface area contributed by atoms with Gasteiger partial charge in [0.05, 0.1) is 0 Å². The summed E-state index contributed by atoms with van der Waals surface area (Å²) in [6.45, 7) is 0.427. The fraction of sp³-hybridized carbons (Fsp3) is 0.545. The maximum absolute atomic E-state index is 13.6. The first kappa shape index (κ1) is 24.7. The molecule has 0 spiro atoms. The molecule has 0 aromatic heterocycles. The van der Waals surface area contributed by atoms with E-state index in [1.54, 1.807) is 0 Å². The summed E-state index contributed by atoms with van der Waals surface area (Å²) in [5.74, 6) is -2.53. The number of carbonyl (C=O) groups excluding carboxylic acids is 4. The van der Waals surface area contributed by atoms with E-state index in [9.17, 15) is 32.3 Å². The van der Waals surface area contributed by atoms with Crippen LogP contribution in [-0.4, -0.2) is 67.4 Å². The number of hydrogen-bond acceptors (Lipinski definition) is 5. The Bertz CT molecular complexity index is 915. The Kier molecular flexibility index (Phi) is 7.72. The van der Waals surface area contributed by atoms with Gasteiger partial charge in [-0.05, 0) is 48.9 Å². The molecule has 1 saturated heterocycles. The van der Waals surface area contributed by atoms with Crippen LogP contribution in [0.1, 0.15) is 52.0 Å². The van der Waals surface area contributed by atoms with Crippen LogP contribution in [0.15, 0.2) is 18.2 Å². The van der Waals surface area contributed by atoms with Crippen LogP contribution in [0.2, 0.25) is 0 Å². The highest BCUT2D eigenvalue weighted by Gasteiger charge is 2.46. The number of amides is 3. The highest BCUT2D eigenvalue weighted by molar-refractivity contribution is 6.03. The summed E-state index contributed by atoms with van der Waals surface area (Å²) < 4.78 is 46.0. The van der Waals surface area contributed by atoms with Crippen molar-refractivity contribution in [2.24, 2.45) is 5.92 Å². The Morgan fingerprint density at radius 3 is 2.58 bits per heavy atom. The lowest BCUT2D eigenvalue weighted by Crippen LogP contribution is -2.51. The van der Waals surface area contributed by atoms with E-state index in [-0.39, 0.29) is 56.6 Å². The van der Waals surface area contributed by atoms with Gasteiger partial charge in [0.25, 0.3) is 11.8 Å². The number of benzene rings is 1. The second-order valence-corrected chi connectivity index (χ2v) is 8.12. The number of aldehydes is 1. The molecule has 33 heavy (non-hydrogen) atoms. The molecule has 1 aromatic carbocycles. The minimum atomic E-state index is -4.61. The molecule has 2 N–H and O–H groups in total. The van der Waals surface area contributed by atoms with Gasteiger partial charge < -0.3 is 25.1 Å². The Hall–Kier alpha value is -2.95. The number of carbonyl (C=O) groups is 4. The van der Waals surface area contributed by atoms with E-state index >= 15 is 0 Å². The van der Waals surface area contributed by atoms with Crippen molar-refractivity contribution >= 4 is 24.0 Å². The largest absolute Gasteiger partial charge is 0.408 e. The molecular formula is C22H26F3N3O5. The fourth-order valence-corrected chi connectivity index (χ4v) is 4.30. The van der Waals surface area contributed by atoms with Crippen molar-refractivity contribution in [1.82, 2.24) is 15.5 Å². The van der Waals surface area contributed by atoms with E-state index in [2.05, 4.69) is 10.6 Å². The molecule has 2 atom stereocenters. The number of nitrogens with one attached hydrogen (secondary N) is 2. The molecule has 11 heteroatoms. The summed E-state index contributed by atoms with van der Waals surface area (Å²) in [5.41, 5.74) is 0.694. The lowest BCUT2D eigenvalue weighted by atomic mass is 9.91. The molecule has 8 nitrogen and oxygen atoms in total. The average Bonchev–Trinajstić information content (AvgIpc) is 3.12. The number of ether oxygens (including phenoxy) is 1. The molecule has 0 aliphatic carbocycles. The van der Waals surface area contributed by atoms with Gasteiger partial charge in [-0.3, -0.25) is 14.4 Å². The molecule has 1 aromatic rings. The molecule has 0 radical (unpaired) electrons. The summed E-state index contributed by atoms with van der Waals surface area (Å²) in [6, 6.07) is 1.18. The quantitative estimate of drug-likeness (QED) is 0.566. The maximum Gasteiger partial charge on any atom is 0.408 e. The van der Waals surface area contributed by atoms with Crippen molar-refractivity contribution < 1.29 is 37.1 Å². The Morgan fingerprint density at radius 2 is 1.97 bits per heavy atom. The predicted octanol–water partition coefficient (Wildman–Crippen LogP) is 1.82. The molecule has 2 aliphatic heterocycles. The molecule has 2 aliphatic rings. The number of nitrogens with zero attached hydrogens (tertiary/aromatic N) is 1. The summed E-state index contributed by atoms with van der Waals surface area (Å²) in [5, 5.41) is 4.58. The molecule has 0 saturated carbocycles. The number of likely N-dealkylation sites (N-methyl/N-ethyl adjacent to an activating group) is 1. The topological polar surface area (TPSA) is 105 Å². The van der Waals surface area contributed by atoms with Gasteiger partial charge in [0.15, 0.2) is 0 Å². The van der Waals surface area contributed by atoms with Gasteiger partial charge in [0.1, 0.15) is 18.4 Å². The van der Waals surface area contributed by atoms with Crippen LogP contribution in [0.25, 0.3) is 0 Å². The van der Waals surface area contributed by atoms with Crippen LogP contribution in [0.4, 0.5) is 13.2 Å². The summed E-state index contributed by atoms with van der Waals surface area (Å²) >= 11 is 0. The van der Waals surface area contributed by atoms with Crippen LogP contribution in [-0.2, 0) is 20.9 Å². The van der Waals surface area contributed by atoms with Gasteiger partial charge >= 0.3 is 6.18 Å². The third-order valence-corrected chi connectivity index (χ3v) is 6.06. The lowest BCUT2D eigenvalue weighted by molar-refractivity contribution is -0.171. The lowest BCUT2D eigenvalue weighted by Gasteiger charge is -2.32. The smallest absolute Gasteiger partial charge is 0.381 e. The van der Waals surface area contributed by atoms with Crippen molar-refractivity contribution in [2.45, 2.75) is 50.5 Å². The van der Waals surface area contributed by atoms with E-state index in [4.69, 9.17) is 4.74 Å². The maximum atomic E-state index is 13.6. The molecule has 3 amide bonds. The Labute approximate surface area is 188 Å². The van der Waals surface area contributed by atoms with E-state index < -0.39 is 41.9 Å². The Morgan fingerprint density at radius 1 is 1.27 bits per heavy atom. The zero-order chi connectivity index (χ0) is 24.2. The third kappa shape index (κ3) is 5.52. The summed E-state index contributed by atoms with van der Waals surface area (Å²) in [7, 11) is 1.42. The van der Waals surface area contributed by atoms with Crippen LogP contribution in [0.3, 0.4) is 0 Å². The molecule has 1 unspecified atom stereocenters. The van der Waals surface area contributed by atoms with Crippen molar-refractivity contribution in [3.8, 4) is 0 Å². The molecule has 180 valence electrons. The zero-order valence-corrected chi connectivity index (χ0v) is 18.1. The van der Waals surface area contributed by atoms with Crippen LogP contribution in [0.5, 0.6) is 0 Å². The molecule has 0 bridgehead atoms. The molecule has 1 fully saturated rings. The van der Waals surface area contributed by atoms with Gasteiger partial charge in [-0.15, -0.1) is 0 Å². The van der Waals surface area contributed by atoms with E-state index in [0.717, 1.165) is 0 Å². The second kappa shape index (κ2) is 10.3. The molecule has 3 rings (SSSR count). The number of halogens is 3. The summed E-state index contributed by atoms with van der Waals surface area (Å²) in [6.07, 6.45) is -3.35. The first-order valence-electron chi connectivity index (χ1n) is 10.7.